The minimum atomic E-state index is -0.253. The maximum atomic E-state index is 12.3. The van der Waals surface area contributed by atoms with Crippen LogP contribution in [0.5, 0.6) is 0 Å². The molecule has 0 atom stereocenters. The number of rotatable bonds is 6. The maximum Gasteiger partial charge on any atom is 0.253 e. The number of carbonyl (C=O) groups is 1. The quantitative estimate of drug-likeness (QED) is 0.807. The molecule has 3 nitrogen and oxygen atoms in total. The van der Waals surface area contributed by atoms with E-state index in [4.69, 9.17) is 27.9 Å². The van der Waals surface area contributed by atoms with E-state index in [-0.39, 0.29) is 17.0 Å². The largest absolute Gasteiger partial charge is 0.374 e. The summed E-state index contributed by atoms with van der Waals surface area (Å²) in [7, 11) is 0. The smallest absolute Gasteiger partial charge is 0.253 e. The molecule has 1 amide bonds. The van der Waals surface area contributed by atoms with Gasteiger partial charge in [-0.15, -0.1) is 0 Å². The highest BCUT2D eigenvalue weighted by molar-refractivity contribution is 6.43. The third-order valence-corrected chi connectivity index (χ3v) is 4.15. The lowest BCUT2D eigenvalue weighted by Crippen LogP contribution is -2.24. The van der Waals surface area contributed by atoms with Gasteiger partial charge in [-0.3, -0.25) is 4.79 Å². The minimum Gasteiger partial charge on any atom is -0.374 e. The van der Waals surface area contributed by atoms with Crippen LogP contribution in [-0.4, -0.2) is 12.0 Å². The lowest BCUT2D eigenvalue weighted by Gasteiger charge is -2.13. The van der Waals surface area contributed by atoms with Gasteiger partial charge in [0, 0.05) is 6.54 Å². The molecule has 2 aromatic rings. The predicted octanol–water partition coefficient (Wildman–Crippen LogP) is 4.85. The van der Waals surface area contributed by atoms with Crippen LogP contribution in [0.3, 0.4) is 0 Å². The van der Waals surface area contributed by atoms with Gasteiger partial charge in [-0.05, 0) is 37.1 Å². The van der Waals surface area contributed by atoms with Crippen molar-refractivity contribution >= 4 is 29.1 Å². The fourth-order valence-corrected chi connectivity index (χ4v) is 2.46. The lowest BCUT2D eigenvalue weighted by atomic mass is 10.1. The number of carbonyl (C=O) groups excluding carboxylic acids is 1. The number of amides is 1. The Labute approximate surface area is 146 Å². The normalized spacial score (nSPS) is 10.8. The third kappa shape index (κ3) is 4.96. The number of hydrogen-bond acceptors (Lipinski definition) is 2. The Kier molecular flexibility index (Phi) is 6.46. The molecule has 0 aromatic heterocycles. The SMILES string of the molecule is CC(C)OCc1ccccc1CNC(=O)c1cccc(Cl)c1Cl. The number of halogens is 2. The van der Waals surface area contributed by atoms with E-state index in [9.17, 15) is 4.79 Å². The van der Waals surface area contributed by atoms with Crippen molar-refractivity contribution < 1.29 is 9.53 Å². The molecule has 0 bridgehead atoms. The average molecular weight is 352 g/mol. The fourth-order valence-electron chi connectivity index (χ4n) is 2.08. The number of hydrogen-bond donors (Lipinski definition) is 1. The Morgan fingerprint density at radius 1 is 1.09 bits per heavy atom. The maximum absolute atomic E-state index is 12.3. The molecule has 1 N–H and O–H groups in total. The summed E-state index contributed by atoms with van der Waals surface area (Å²) in [4.78, 5) is 12.3. The van der Waals surface area contributed by atoms with Crippen molar-refractivity contribution in [3.05, 3.63) is 69.2 Å². The molecule has 0 aliphatic rings. The summed E-state index contributed by atoms with van der Waals surface area (Å²) in [6.45, 7) is 4.90. The first-order valence-corrected chi connectivity index (χ1v) is 8.15. The molecular weight excluding hydrogens is 333 g/mol. The highest BCUT2D eigenvalue weighted by atomic mass is 35.5. The van der Waals surface area contributed by atoms with Crippen molar-refractivity contribution in [2.24, 2.45) is 0 Å². The van der Waals surface area contributed by atoms with Crippen LogP contribution in [0, 0.1) is 0 Å². The van der Waals surface area contributed by atoms with Gasteiger partial charge in [0.15, 0.2) is 0 Å². The summed E-state index contributed by atoms with van der Waals surface area (Å²) in [6, 6.07) is 12.9. The first-order chi connectivity index (χ1) is 11.0. The Balaban J connectivity index is 2.06. The van der Waals surface area contributed by atoms with E-state index in [1.807, 2.05) is 38.1 Å². The number of nitrogens with one attached hydrogen (secondary N) is 1. The van der Waals surface area contributed by atoms with Crippen LogP contribution >= 0.6 is 23.2 Å². The summed E-state index contributed by atoms with van der Waals surface area (Å²) >= 11 is 12.0. The first kappa shape index (κ1) is 17.8. The molecule has 0 radical (unpaired) electrons. The molecule has 23 heavy (non-hydrogen) atoms. The van der Waals surface area contributed by atoms with Crippen molar-refractivity contribution in [1.29, 1.82) is 0 Å². The molecule has 5 heteroatoms. The first-order valence-electron chi connectivity index (χ1n) is 7.39. The lowest BCUT2D eigenvalue weighted by molar-refractivity contribution is 0.0651. The van der Waals surface area contributed by atoms with Crippen LogP contribution in [0.4, 0.5) is 0 Å². The molecule has 0 fully saturated rings. The van der Waals surface area contributed by atoms with Gasteiger partial charge < -0.3 is 10.1 Å². The third-order valence-electron chi connectivity index (χ3n) is 3.33. The fraction of sp³-hybridized carbons (Fsp3) is 0.278. The van der Waals surface area contributed by atoms with E-state index in [0.717, 1.165) is 11.1 Å². The van der Waals surface area contributed by atoms with Crippen LogP contribution in [0.15, 0.2) is 42.5 Å². The van der Waals surface area contributed by atoms with E-state index in [0.29, 0.717) is 23.7 Å². The molecule has 2 rings (SSSR count). The Morgan fingerprint density at radius 2 is 1.78 bits per heavy atom. The zero-order valence-electron chi connectivity index (χ0n) is 13.1. The second-order valence-electron chi connectivity index (χ2n) is 5.41. The van der Waals surface area contributed by atoms with Gasteiger partial charge in [0.25, 0.3) is 5.91 Å². The van der Waals surface area contributed by atoms with Gasteiger partial charge in [0.05, 0.1) is 28.3 Å². The van der Waals surface area contributed by atoms with Crippen molar-refractivity contribution in [3.8, 4) is 0 Å². The molecule has 0 aliphatic carbocycles. The van der Waals surface area contributed by atoms with Gasteiger partial charge in [0.2, 0.25) is 0 Å². The van der Waals surface area contributed by atoms with Crippen LogP contribution in [0.1, 0.15) is 35.3 Å². The average Bonchev–Trinajstić information content (AvgIpc) is 2.54. The van der Waals surface area contributed by atoms with Crippen LogP contribution < -0.4 is 5.32 Å². The zero-order valence-corrected chi connectivity index (χ0v) is 14.6. The predicted molar refractivity (Wildman–Crippen MR) is 94.0 cm³/mol. The van der Waals surface area contributed by atoms with E-state index >= 15 is 0 Å². The summed E-state index contributed by atoms with van der Waals surface area (Å²) in [5, 5.41) is 3.51. The van der Waals surface area contributed by atoms with Gasteiger partial charge in [0.1, 0.15) is 0 Å². The van der Waals surface area contributed by atoms with Gasteiger partial charge in [-0.1, -0.05) is 53.5 Å². The van der Waals surface area contributed by atoms with Crippen molar-refractivity contribution in [2.45, 2.75) is 33.1 Å². The molecule has 0 unspecified atom stereocenters. The molecule has 0 saturated carbocycles. The number of ether oxygens (including phenoxy) is 1. The summed E-state index contributed by atoms with van der Waals surface area (Å²) in [5.74, 6) is -0.253. The Morgan fingerprint density at radius 3 is 2.48 bits per heavy atom. The van der Waals surface area contributed by atoms with E-state index in [1.54, 1.807) is 18.2 Å². The second-order valence-corrected chi connectivity index (χ2v) is 6.20. The van der Waals surface area contributed by atoms with Crippen LogP contribution in [-0.2, 0) is 17.9 Å². The highest BCUT2D eigenvalue weighted by Crippen LogP contribution is 2.25. The topological polar surface area (TPSA) is 38.3 Å². The van der Waals surface area contributed by atoms with E-state index in [2.05, 4.69) is 5.32 Å². The van der Waals surface area contributed by atoms with Crippen molar-refractivity contribution in [1.82, 2.24) is 5.32 Å². The monoisotopic (exact) mass is 351 g/mol. The number of benzene rings is 2. The Bertz CT molecular complexity index is 686. The van der Waals surface area contributed by atoms with Crippen LogP contribution in [0.2, 0.25) is 10.0 Å². The van der Waals surface area contributed by atoms with Gasteiger partial charge in [-0.2, -0.15) is 0 Å². The van der Waals surface area contributed by atoms with Crippen molar-refractivity contribution in [2.75, 3.05) is 0 Å². The van der Waals surface area contributed by atoms with E-state index in [1.165, 1.54) is 0 Å². The van der Waals surface area contributed by atoms with Crippen LogP contribution in [0.25, 0.3) is 0 Å². The van der Waals surface area contributed by atoms with Gasteiger partial charge in [-0.25, -0.2) is 0 Å². The standard InChI is InChI=1S/C18H19Cl2NO2/c1-12(2)23-11-14-7-4-3-6-13(14)10-21-18(22)15-8-5-9-16(19)17(15)20/h3-9,12H,10-11H2,1-2H3,(H,21,22). The second kappa shape index (κ2) is 8.34. The molecule has 0 spiro atoms. The summed E-state index contributed by atoms with van der Waals surface area (Å²) < 4.78 is 5.64. The van der Waals surface area contributed by atoms with E-state index < -0.39 is 0 Å². The summed E-state index contributed by atoms with van der Waals surface area (Å²) in [5.41, 5.74) is 2.44. The Hall–Kier alpha value is -1.55. The molecular formula is C18H19Cl2NO2. The molecule has 122 valence electrons. The molecule has 2 aromatic carbocycles. The van der Waals surface area contributed by atoms with Gasteiger partial charge >= 0.3 is 0 Å². The zero-order chi connectivity index (χ0) is 16.8. The molecule has 0 heterocycles. The van der Waals surface area contributed by atoms with Crippen molar-refractivity contribution in [3.63, 3.8) is 0 Å². The highest BCUT2D eigenvalue weighted by Gasteiger charge is 2.13. The molecule has 0 aliphatic heterocycles. The summed E-state index contributed by atoms with van der Waals surface area (Å²) in [6.07, 6.45) is 0.155. The molecule has 0 saturated heterocycles. The minimum absolute atomic E-state index is 0.155.